The molecular weight excluding hydrogens is 228 g/mol. The lowest BCUT2D eigenvalue weighted by molar-refractivity contribution is -0.123. The Morgan fingerprint density at radius 3 is 2.61 bits per heavy atom. The molecule has 4 heteroatoms. The fourth-order valence-corrected chi connectivity index (χ4v) is 1.81. The summed E-state index contributed by atoms with van der Waals surface area (Å²) in [5, 5.41) is 12.1. The van der Waals surface area contributed by atoms with E-state index in [9.17, 15) is 9.90 Å². The number of hydrogen-bond acceptors (Lipinski definition) is 3. The SMILES string of the molecule is CCC[C@H](N)C(=O)NC(CO)Cc1ccccc1. The Kier molecular flexibility index (Phi) is 6.39. The third-order valence-corrected chi connectivity index (χ3v) is 2.83. The third-order valence-electron chi connectivity index (χ3n) is 2.83. The molecule has 2 atom stereocenters. The van der Waals surface area contributed by atoms with E-state index in [1.165, 1.54) is 0 Å². The molecule has 0 aliphatic rings. The van der Waals surface area contributed by atoms with E-state index in [4.69, 9.17) is 5.73 Å². The average molecular weight is 250 g/mol. The molecule has 1 aromatic rings. The van der Waals surface area contributed by atoms with Gasteiger partial charge in [0.15, 0.2) is 0 Å². The summed E-state index contributed by atoms with van der Waals surface area (Å²) in [6.07, 6.45) is 2.15. The topological polar surface area (TPSA) is 75.4 Å². The van der Waals surface area contributed by atoms with Crippen LogP contribution < -0.4 is 11.1 Å². The van der Waals surface area contributed by atoms with E-state index in [-0.39, 0.29) is 18.6 Å². The second-order valence-electron chi connectivity index (χ2n) is 4.47. The summed E-state index contributed by atoms with van der Waals surface area (Å²) in [5.41, 5.74) is 6.81. The Labute approximate surface area is 108 Å². The van der Waals surface area contributed by atoms with Gasteiger partial charge >= 0.3 is 0 Å². The van der Waals surface area contributed by atoms with Crippen LogP contribution in [-0.2, 0) is 11.2 Å². The van der Waals surface area contributed by atoms with Crippen LogP contribution in [0.5, 0.6) is 0 Å². The van der Waals surface area contributed by atoms with E-state index in [2.05, 4.69) is 5.32 Å². The molecule has 4 nitrogen and oxygen atoms in total. The Morgan fingerprint density at radius 1 is 1.39 bits per heavy atom. The van der Waals surface area contributed by atoms with Gasteiger partial charge in [-0.1, -0.05) is 43.7 Å². The molecule has 100 valence electrons. The molecule has 0 radical (unpaired) electrons. The molecule has 0 fully saturated rings. The van der Waals surface area contributed by atoms with Gasteiger partial charge in [-0.3, -0.25) is 4.79 Å². The lowest BCUT2D eigenvalue weighted by Gasteiger charge is -2.19. The van der Waals surface area contributed by atoms with Crippen molar-refractivity contribution in [2.24, 2.45) is 5.73 Å². The first-order valence-electron chi connectivity index (χ1n) is 6.38. The first kappa shape index (κ1) is 14.7. The number of amides is 1. The van der Waals surface area contributed by atoms with Gasteiger partial charge < -0.3 is 16.2 Å². The third kappa shape index (κ3) is 4.85. The molecule has 0 saturated heterocycles. The van der Waals surface area contributed by atoms with Crippen LogP contribution >= 0.6 is 0 Å². The van der Waals surface area contributed by atoms with Gasteiger partial charge in [0.25, 0.3) is 0 Å². The monoisotopic (exact) mass is 250 g/mol. The molecule has 4 N–H and O–H groups in total. The van der Waals surface area contributed by atoms with Crippen molar-refractivity contribution < 1.29 is 9.90 Å². The predicted molar refractivity (Wildman–Crippen MR) is 72.0 cm³/mol. The van der Waals surface area contributed by atoms with Gasteiger partial charge in [0.2, 0.25) is 5.91 Å². The van der Waals surface area contributed by atoms with E-state index < -0.39 is 6.04 Å². The van der Waals surface area contributed by atoms with Crippen LogP contribution in [0.15, 0.2) is 30.3 Å². The van der Waals surface area contributed by atoms with Gasteiger partial charge in [-0.15, -0.1) is 0 Å². The minimum Gasteiger partial charge on any atom is -0.394 e. The standard InChI is InChI=1S/C14H22N2O2/c1-2-6-13(15)14(18)16-12(10-17)9-11-7-4-3-5-8-11/h3-5,7-8,12-13,17H,2,6,9-10,15H2,1H3,(H,16,18)/t12?,13-/m0/s1. The summed E-state index contributed by atoms with van der Waals surface area (Å²) < 4.78 is 0. The van der Waals surface area contributed by atoms with Crippen molar-refractivity contribution in [1.29, 1.82) is 0 Å². The molecule has 1 unspecified atom stereocenters. The molecular formula is C14H22N2O2. The highest BCUT2D eigenvalue weighted by Gasteiger charge is 2.17. The van der Waals surface area contributed by atoms with Crippen molar-refractivity contribution in [2.75, 3.05) is 6.61 Å². The maximum absolute atomic E-state index is 11.7. The van der Waals surface area contributed by atoms with Crippen LogP contribution in [0.3, 0.4) is 0 Å². The first-order chi connectivity index (χ1) is 8.67. The zero-order valence-corrected chi connectivity index (χ0v) is 10.8. The highest BCUT2D eigenvalue weighted by molar-refractivity contribution is 5.81. The first-order valence-corrected chi connectivity index (χ1v) is 6.38. The number of hydrogen-bond donors (Lipinski definition) is 3. The zero-order chi connectivity index (χ0) is 13.4. The molecule has 1 amide bonds. The smallest absolute Gasteiger partial charge is 0.237 e. The molecule has 18 heavy (non-hydrogen) atoms. The average Bonchev–Trinajstić information content (AvgIpc) is 2.39. The van der Waals surface area contributed by atoms with Crippen LogP contribution in [-0.4, -0.2) is 29.7 Å². The highest BCUT2D eigenvalue weighted by atomic mass is 16.3. The predicted octanol–water partition coefficient (Wildman–Crippen LogP) is 0.834. The molecule has 0 aromatic heterocycles. The van der Waals surface area contributed by atoms with E-state index in [0.29, 0.717) is 12.8 Å². The van der Waals surface area contributed by atoms with Crippen LogP contribution in [0.1, 0.15) is 25.3 Å². The minimum absolute atomic E-state index is 0.0838. The van der Waals surface area contributed by atoms with Gasteiger partial charge in [0, 0.05) is 0 Å². The van der Waals surface area contributed by atoms with Crippen LogP contribution in [0, 0.1) is 0 Å². The number of benzene rings is 1. The van der Waals surface area contributed by atoms with Crippen molar-refractivity contribution in [2.45, 2.75) is 38.3 Å². The Balaban J connectivity index is 2.49. The van der Waals surface area contributed by atoms with Gasteiger partial charge in [-0.25, -0.2) is 0 Å². The summed E-state index contributed by atoms with van der Waals surface area (Å²) in [7, 11) is 0. The van der Waals surface area contributed by atoms with Crippen molar-refractivity contribution in [3.05, 3.63) is 35.9 Å². The Bertz CT molecular complexity index is 354. The lowest BCUT2D eigenvalue weighted by Crippen LogP contribution is -2.47. The molecule has 1 rings (SSSR count). The number of carbonyl (C=O) groups is 1. The highest BCUT2D eigenvalue weighted by Crippen LogP contribution is 2.03. The molecule has 0 saturated carbocycles. The maximum atomic E-state index is 11.7. The van der Waals surface area contributed by atoms with E-state index in [1.807, 2.05) is 37.3 Å². The number of nitrogens with two attached hydrogens (primary N) is 1. The number of aliphatic hydroxyl groups is 1. The largest absolute Gasteiger partial charge is 0.394 e. The molecule has 0 heterocycles. The minimum atomic E-state index is -0.486. The number of aliphatic hydroxyl groups excluding tert-OH is 1. The van der Waals surface area contributed by atoms with Crippen molar-refractivity contribution >= 4 is 5.91 Å². The summed E-state index contributed by atoms with van der Waals surface area (Å²) in [6.45, 7) is 1.90. The molecule has 0 aliphatic heterocycles. The Hall–Kier alpha value is -1.39. The maximum Gasteiger partial charge on any atom is 0.237 e. The number of nitrogens with one attached hydrogen (secondary N) is 1. The van der Waals surface area contributed by atoms with Crippen molar-refractivity contribution in [1.82, 2.24) is 5.32 Å². The molecule has 0 aliphatic carbocycles. The van der Waals surface area contributed by atoms with Crippen LogP contribution in [0.25, 0.3) is 0 Å². The van der Waals surface area contributed by atoms with E-state index >= 15 is 0 Å². The fourth-order valence-electron chi connectivity index (χ4n) is 1.81. The van der Waals surface area contributed by atoms with E-state index in [1.54, 1.807) is 0 Å². The summed E-state index contributed by atoms with van der Waals surface area (Å²) in [6, 6.07) is 9.00. The normalized spacial score (nSPS) is 13.9. The fraction of sp³-hybridized carbons (Fsp3) is 0.500. The van der Waals surface area contributed by atoms with Crippen LogP contribution in [0.2, 0.25) is 0 Å². The zero-order valence-electron chi connectivity index (χ0n) is 10.8. The van der Waals surface area contributed by atoms with Gasteiger partial charge in [0.05, 0.1) is 18.7 Å². The molecule has 0 spiro atoms. The second-order valence-corrected chi connectivity index (χ2v) is 4.47. The summed E-state index contributed by atoms with van der Waals surface area (Å²) in [5.74, 6) is -0.188. The quantitative estimate of drug-likeness (QED) is 0.671. The Morgan fingerprint density at radius 2 is 2.06 bits per heavy atom. The summed E-state index contributed by atoms with van der Waals surface area (Å²) in [4.78, 5) is 11.7. The molecule has 0 bridgehead atoms. The number of rotatable bonds is 7. The van der Waals surface area contributed by atoms with Gasteiger partial charge in [-0.2, -0.15) is 0 Å². The summed E-state index contributed by atoms with van der Waals surface area (Å²) >= 11 is 0. The molecule has 1 aromatic carbocycles. The van der Waals surface area contributed by atoms with Gasteiger partial charge in [0.1, 0.15) is 0 Å². The number of carbonyl (C=O) groups excluding carboxylic acids is 1. The van der Waals surface area contributed by atoms with Crippen molar-refractivity contribution in [3.63, 3.8) is 0 Å². The van der Waals surface area contributed by atoms with E-state index in [0.717, 1.165) is 12.0 Å². The van der Waals surface area contributed by atoms with Gasteiger partial charge in [-0.05, 0) is 18.4 Å². The van der Waals surface area contributed by atoms with Crippen LogP contribution in [0.4, 0.5) is 0 Å². The lowest BCUT2D eigenvalue weighted by atomic mass is 10.1. The second kappa shape index (κ2) is 7.84. The van der Waals surface area contributed by atoms with Crippen molar-refractivity contribution in [3.8, 4) is 0 Å².